The third-order valence-electron chi connectivity index (χ3n) is 3.69. The Balaban J connectivity index is 1.81. The highest BCUT2D eigenvalue weighted by Gasteiger charge is 2.38. The number of carbonyl (C=O) groups is 2. The number of methoxy groups -OCH3 is 1. The van der Waals surface area contributed by atoms with E-state index in [9.17, 15) is 9.59 Å². The van der Waals surface area contributed by atoms with Crippen molar-refractivity contribution in [2.75, 3.05) is 39.9 Å². The number of carboxylic acid groups (broad SMARTS) is 1. The second-order valence-corrected chi connectivity index (χ2v) is 5.13. The van der Waals surface area contributed by atoms with Gasteiger partial charge in [0.25, 0.3) is 0 Å². The molecule has 0 aromatic heterocycles. The molecular weight excluding hydrogens is 236 g/mol. The normalized spacial score (nSPS) is 24.8. The number of urea groups is 1. The Morgan fingerprint density at radius 3 is 2.61 bits per heavy atom. The lowest BCUT2D eigenvalue weighted by Gasteiger charge is -2.42. The largest absolute Gasteiger partial charge is 0.481 e. The standard InChI is InChI=1S/C12H20N2O4/c1-18-8-9-3-2-4-13(5-9)12(17)14-6-10(7-14)11(15)16/h9-10H,2-8H2,1H3,(H,15,16). The summed E-state index contributed by atoms with van der Waals surface area (Å²) in [6.45, 7) is 2.87. The molecule has 2 aliphatic heterocycles. The molecule has 2 fully saturated rings. The Hall–Kier alpha value is -1.30. The summed E-state index contributed by atoms with van der Waals surface area (Å²) in [5, 5.41) is 8.79. The maximum Gasteiger partial charge on any atom is 0.320 e. The number of hydrogen-bond donors (Lipinski definition) is 1. The number of piperidine rings is 1. The summed E-state index contributed by atoms with van der Waals surface area (Å²) in [7, 11) is 1.67. The van der Waals surface area contributed by atoms with Crippen molar-refractivity contribution in [2.45, 2.75) is 12.8 Å². The molecule has 2 rings (SSSR count). The zero-order chi connectivity index (χ0) is 13.1. The minimum atomic E-state index is -0.810. The third-order valence-corrected chi connectivity index (χ3v) is 3.69. The van der Waals surface area contributed by atoms with Gasteiger partial charge in [-0.3, -0.25) is 4.79 Å². The van der Waals surface area contributed by atoms with Gasteiger partial charge < -0.3 is 19.6 Å². The van der Waals surface area contributed by atoms with Gasteiger partial charge in [0.2, 0.25) is 0 Å². The summed E-state index contributed by atoms with van der Waals surface area (Å²) in [5.41, 5.74) is 0. The number of nitrogens with zero attached hydrogens (tertiary/aromatic N) is 2. The molecule has 2 amide bonds. The highest BCUT2D eigenvalue weighted by Crippen LogP contribution is 2.22. The lowest BCUT2D eigenvalue weighted by molar-refractivity contribution is -0.146. The van der Waals surface area contributed by atoms with Crippen LogP contribution in [-0.4, -0.2) is 66.8 Å². The van der Waals surface area contributed by atoms with Gasteiger partial charge in [-0.15, -0.1) is 0 Å². The average Bonchev–Trinajstić information content (AvgIpc) is 2.27. The predicted molar refractivity (Wildman–Crippen MR) is 64.3 cm³/mol. The fourth-order valence-electron chi connectivity index (χ4n) is 2.60. The molecule has 0 radical (unpaired) electrons. The smallest absolute Gasteiger partial charge is 0.320 e. The molecule has 0 bridgehead atoms. The highest BCUT2D eigenvalue weighted by atomic mass is 16.5. The number of rotatable bonds is 3. The van der Waals surface area contributed by atoms with E-state index in [0.717, 1.165) is 25.9 Å². The van der Waals surface area contributed by atoms with Crippen LogP contribution < -0.4 is 0 Å². The molecule has 0 saturated carbocycles. The third kappa shape index (κ3) is 2.75. The fraction of sp³-hybridized carbons (Fsp3) is 0.833. The van der Waals surface area contributed by atoms with Crippen molar-refractivity contribution in [1.29, 1.82) is 0 Å². The Labute approximate surface area is 106 Å². The first kappa shape index (κ1) is 13.1. The lowest BCUT2D eigenvalue weighted by atomic mass is 9.98. The minimum Gasteiger partial charge on any atom is -0.481 e. The summed E-state index contributed by atoms with van der Waals surface area (Å²) in [5.74, 6) is -0.785. The Bertz CT molecular complexity index is 326. The molecule has 2 heterocycles. The zero-order valence-electron chi connectivity index (χ0n) is 10.7. The van der Waals surface area contributed by atoms with Crippen LogP contribution in [0.15, 0.2) is 0 Å². The van der Waals surface area contributed by atoms with Crippen LogP contribution in [-0.2, 0) is 9.53 Å². The monoisotopic (exact) mass is 256 g/mol. The van der Waals surface area contributed by atoms with Gasteiger partial charge in [0.05, 0.1) is 12.5 Å². The van der Waals surface area contributed by atoms with Gasteiger partial charge >= 0.3 is 12.0 Å². The Morgan fingerprint density at radius 2 is 2.00 bits per heavy atom. The van der Waals surface area contributed by atoms with Crippen molar-refractivity contribution in [3.63, 3.8) is 0 Å². The van der Waals surface area contributed by atoms with Crippen molar-refractivity contribution >= 4 is 12.0 Å². The molecule has 1 atom stereocenters. The quantitative estimate of drug-likeness (QED) is 0.797. The van der Waals surface area contributed by atoms with Crippen molar-refractivity contribution in [3.8, 4) is 0 Å². The molecule has 0 aromatic carbocycles. The fourth-order valence-corrected chi connectivity index (χ4v) is 2.60. The molecule has 0 spiro atoms. The minimum absolute atomic E-state index is 0.0201. The van der Waals surface area contributed by atoms with Gasteiger partial charge in [0, 0.05) is 39.2 Å². The molecule has 0 aliphatic carbocycles. The molecule has 2 aliphatic rings. The summed E-state index contributed by atoms with van der Waals surface area (Å²) >= 11 is 0. The average molecular weight is 256 g/mol. The van der Waals surface area contributed by atoms with Gasteiger partial charge in [-0.05, 0) is 12.8 Å². The first-order chi connectivity index (χ1) is 8.61. The SMILES string of the molecule is COCC1CCCN(C(=O)N2CC(C(=O)O)C2)C1. The first-order valence-corrected chi connectivity index (χ1v) is 6.37. The molecule has 102 valence electrons. The maximum absolute atomic E-state index is 12.1. The van der Waals surface area contributed by atoms with E-state index in [4.69, 9.17) is 9.84 Å². The molecule has 6 nitrogen and oxygen atoms in total. The van der Waals surface area contributed by atoms with Gasteiger partial charge in [-0.1, -0.05) is 0 Å². The summed E-state index contributed by atoms with van der Waals surface area (Å²) in [6.07, 6.45) is 2.09. The van der Waals surface area contributed by atoms with Crippen LogP contribution in [0.5, 0.6) is 0 Å². The lowest BCUT2D eigenvalue weighted by Crippen LogP contribution is -2.58. The number of ether oxygens (including phenoxy) is 1. The number of carboxylic acids is 1. The zero-order valence-corrected chi connectivity index (χ0v) is 10.7. The van der Waals surface area contributed by atoms with Crippen molar-refractivity contribution in [2.24, 2.45) is 11.8 Å². The number of hydrogen-bond acceptors (Lipinski definition) is 3. The van der Waals surface area contributed by atoms with E-state index >= 15 is 0 Å². The molecule has 1 unspecified atom stereocenters. The van der Waals surface area contributed by atoms with Crippen LogP contribution in [0.25, 0.3) is 0 Å². The Kier molecular flexibility index (Phi) is 4.06. The van der Waals surface area contributed by atoms with Crippen LogP contribution in [0.3, 0.4) is 0 Å². The second kappa shape index (κ2) is 5.56. The van der Waals surface area contributed by atoms with E-state index in [1.54, 1.807) is 12.0 Å². The van der Waals surface area contributed by atoms with Crippen molar-refractivity contribution < 1.29 is 19.4 Å². The van der Waals surface area contributed by atoms with Crippen molar-refractivity contribution in [3.05, 3.63) is 0 Å². The topological polar surface area (TPSA) is 70.1 Å². The van der Waals surface area contributed by atoms with Crippen LogP contribution in [0, 0.1) is 11.8 Å². The summed E-state index contributed by atoms with van der Waals surface area (Å²) in [6, 6.07) is -0.0201. The van der Waals surface area contributed by atoms with Gasteiger partial charge in [-0.25, -0.2) is 4.79 Å². The van der Waals surface area contributed by atoms with E-state index in [2.05, 4.69) is 0 Å². The van der Waals surface area contributed by atoms with E-state index in [-0.39, 0.29) is 11.9 Å². The highest BCUT2D eigenvalue weighted by molar-refractivity contribution is 5.79. The molecule has 2 saturated heterocycles. The van der Waals surface area contributed by atoms with Gasteiger partial charge in [0.1, 0.15) is 0 Å². The summed E-state index contributed by atoms with van der Waals surface area (Å²) < 4.78 is 5.13. The van der Waals surface area contributed by atoms with E-state index < -0.39 is 5.97 Å². The number of amides is 2. The molecule has 1 N–H and O–H groups in total. The van der Waals surface area contributed by atoms with Crippen LogP contribution in [0.2, 0.25) is 0 Å². The molecule has 0 aromatic rings. The molecular formula is C12H20N2O4. The maximum atomic E-state index is 12.1. The van der Waals surface area contributed by atoms with Crippen LogP contribution in [0.1, 0.15) is 12.8 Å². The van der Waals surface area contributed by atoms with E-state index in [0.29, 0.717) is 25.6 Å². The Morgan fingerprint density at radius 1 is 1.28 bits per heavy atom. The molecule has 6 heteroatoms. The van der Waals surface area contributed by atoms with Crippen LogP contribution in [0.4, 0.5) is 4.79 Å². The molecule has 18 heavy (non-hydrogen) atoms. The first-order valence-electron chi connectivity index (χ1n) is 6.37. The number of likely N-dealkylation sites (tertiary alicyclic amines) is 2. The van der Waals surface area contributed by atoms with Crippen molar-refractivity contribution in [1.82, 2.24) is 9.80 Å². The van der Waals surface area contributed by atoms with Gasteiger partial charge in [0.15, 0.2) is 0 Å². The number of carbonyl (C=O) groups excluding carboxylic acids is 1. The summed E-state index contributed by atoms with van der Waals surface area (Å²) in [4.78, 5) is 26.3. The second-order valence-electron chi connectivity index (χ2n) is 5.13. The predicted octanol–water partition coefficient (Wildman–Crippen LogP) is 0.481. The van der Waals surface area contributed by atoms with E-state index in [1.165, 1.54) is 0 Å². The number of aliphatic carboxylic acids is 1. The van der Waals surface area contributed by atoms with E-state index in [1.807, 2.05) is 4.90 Å². The van der Waals surface area contributed by atoms with Gasteiger partial charge in [-0.2, -0.15) is 0 Å². The van der Waals surface area contributed by atoms with Crippen LogP contribution >= 0.6 is 0 Å².